The molecule has 1 aromatic rings. The molecule has 0 radical (unpaired) electrons. The normalized spacial score (nSPS) is 20.5. The number of hydrogen-bond donors (Lipinski definition) is 2. The zero-order valence-corrected chi connectivity index (χ0v) is 19.5. The number of hydroxylamine groups is 2. The van der Waals surface area contributed by atoms with Crippen molar-refractivity contribution >= 4 is 28.6 Å². The fourth-order valence-electron chi connectivity index (χ4n) is 3.15. The van der Waals surface area contributed by atoms with Crippen LogP contribution in [-0.2, 0) is 19.4 Å². The molecule has 4 amide bonds. The van der Waals surface area contributed by atoms with Crippen molar-refractivity contribution in [3.63, 3.8) is 0 Å². The molecule has 3 N–H and O–H groups in total. The molecule has 1 fully saturated rings. The molecule has 3 heterocycles. The number of nitrogens with one attached hydrogen (secondary N) is 1. The number of hydrogen-bond acceptors (Lipinski definition) is 9. The third-order valence-corrected chi connectivity index (χ3v) is 4.49. The maximum absolute atomic E-state index is 12.6. The molecule has 14 nitrogen and oxygen atoms in total. The van der Waals surface area contributed by atoms with Gasteiger partial charge in [0, 0.05) is 18.3 Å². The van der Waals surface area contributed by atoms with E-state index < -0.39 is 46.2 Å². The molecule has 2 aliphatic rings. The average molecular weight is 454 g/mol. The van der Waals surface area contributed by atoms with E-state index in [4.69, 9.17) is 10.5 Å². The van der Waals surface area contributed by atoms with E-state index in [1.807, 2.05) is 0 Å². The number of amides is 4. The minimum atomic E-state index is -5.24. The zero-order valence-electron chi connectivity index (χ0n) is 16.7. The van der Waals surface area contributed by atoms with E-state index in [1.54, 1.807) is 20.8 Å². The summed E-state index contributed by atoms with van der Waals surface area (Å²) >= 11 is 0. The molecule has 1 aromatic heterocycles. The van der Waals surface area contributed by atoms with E-state index in [9.17, 15) is 27.4 Å². The van der Waals surface area contributed by atoms with Crippen LogP contribution in [0, 0.1) is 0 Å². The van der Waals surface area contributed by atoms with Gasteiger partial charge in [-0.1, -0.05) is 0 Å². The van der Waals surface area contributed by atoms with Crippen molar-refractivity contribution in [1.29, 1.82) is 0 Å². The van der Waals surface area contributed by atoms with Crippen LogP contribution in [0.25, 0.3) is 0 Å². The van der Waals surface area contributed by atoms with Gasteiger partial charge in [-0.3, -0.25) is 0 Å². The van der Waals surface area contributed by atoms with Gasteiger partial charge >= 0.3 is 47.7 Å². The van der Waals surface area contributed by atoms with E-state index in [-0.39, 0.29) is 48.3 Å². The SMILES string of the molecule is CC(C)(C)OC(=O)NC[C@H]1c2cn(C(N)=O)nc2[C@H]2CN1C(=O)N2OS(=O)(=O)[O-].[Na+]. The van der Waals surface area contributed by atoms with Crippen molar-refractivity contribution < 1.29 is 65.9 Å². The largest absolute Gasteiger partial charge is 1.00 e. The summed E-state index contributed by atoms with van der Waals surface area (Å²) in [6.07, 6.45) is 0.520. The number of ether oxygens (including phenoxy) is 1. The van der Waals surface area contributed by atoms with Crippen LogP contribution < -0.4 is 40.6 Å². The first-order chi connectivity index (χ1) is 13.3. The van der Waals surface area contributed by atoms with E-state index in [0.29, 0.717) is 10.6 Å². The maximum atomic E-state index is 12.6. The second-order valence-corrected chi connectivity index (χ2v) is 8.38. The molecule has 160 valence electrons. The van der Waals surface area contributed by atoms with Gasteiger partial charge in [0.2, 0.25) is 10.4 Å². The number of alkyl carbamates (subject to hydrolysis) is 1. The smallest absolute Gasteiger partial charge is 0.724 e. The van der Waals surface area contributed by atoms with E-state index in [1.165, 1.54) is 11.1 Å². The van der Waals surface area contributed by atoms with Crippen LogP contribution in [0.5, 0.6) is 0 Å². The predicted molar refractivity (Wildman–Crippen MR) is 91.7 cm³/mol. The van der Waals surface area contributed by atoms with Crippen LogP contribution in [0.4, 0.5) is 14.4 Å². The second kappa shape index (κ2) is 8.32. The topological polar surface area (TPSA) is 189 Å². The van der Waals surface area contributed by atoms with E-state index >= 15 is 0 Å². The molecule has 0 aromatic carbocycles. The number of fused-ring (bicyclic) bond motifs is 4. The summed E-state index contributed by atoms with van der Waals surface area (Å²) in [6, 6.07) is -3.72. The Morgan fingerprint density at radius 3 is 2.57 bits per heavy atom. The van der Waals surface area contributed by atoms with Gasteiger partial charge in [-0.05, 0) is 20.8 Å². The monoisotopic (exact) mass is 454 g/mol. The Labute approximate surface area is 193 Å². The number of primary amides is 1. The quantitative estimate of drug-likeness (QED) is 0.265. The van der Waals surface area contributed by atoms with Crippen LogP contribution in [-0.4, -0.2) is 69.6 Å². The molecular weight excluding hydrogens is 435 g/mol. The van der Waals surface area contributed by atoms with Gasteiger partial charge in [0.05, 0.1) is 18.3 Å². The number of aromatic nitrogens is 2. The molecule has 16 heteroatoms. The summed E-state index contributed by atoms with van der Waals surface area (Å²) in [7, 11) is -5.24. The number of nitrogens with zero attached hydrogens (tertiary/aromatic N) is 4. The number of carbonyl (C=O) groups is 3. The van der Waals surface area contributed by atoms with Crippen molar-refractivity contribution in [2.75, 3.05) is 13.1 Å². The van der Waals surface area contributed by atoms with Crippen molar-refractivity contribution in [2.24, 2.45) is 5.73 Å². The van der Waals surface area contributed by atoms with Gasteiger partial charge in [-0.2, -0.15) is 19.1 Å². The predicted octanol–water partition coefficient (Wildman–Crippen LogP) is -3.44. The standard InChI is InChI=1S/C14H20N6O8S.Na/c1-14(2,3)27-12(22)16-4-8-7-5-19(11(15)21)17-10(7)9-6-18(8)13(23)20(9)28-29(24,25)26;/h5,8-9H,4,6H2,1-3H3,(H2,15,21)(H,16,22)(H,24,25,26);/q;+1/p-1/t8-,9+;/m0./s1. The van der Waals surface area contributed by atoms with Gasteiger partial charge < -0.3 is 25.2 Å². The van der Waals surface area contributed by atoms with Gasteiger partial charge in [0.15, 0.2) is 0 Å². The molecule has 2 aliphatic heterocycles. The number of nitrogens with two attached hydrogens (primary N) is 1. The van der Waals surface area contributed by atoms with Crippen LogP contribution in [0.15, 0.2) is 6.20 Å². The Morgan fingerprint density at radius 1 is 1.40 bits per heavy atom. The average Bonchev–Trinajstić information content (AvgIpc) is 3.09. The minimum absolute atomic E-state index is 0. The molecule has 0 aliphatic carbocycles. The minimum Gasteiger partial charge on any atom is -0.724 e. The summed E-state index contributed by atoms with van der Waals surface area (Å²) in [5.41, 5.74) is 4.92. The Morgan fingerprint density at radius 2 is 2.03 bits per heavy atom. The van der Waals surface area contributed by atoms with E-state index in [0.717, 1.165) is 4.68 Å². The molecule has 30 heavy (non-hydrogen) atoms. The molecule has 0 saturated carbocycles. The van der Waals surface area contributed by atoms with Gasteiger partial charge in [-0.15, -0.1) is 0 Å². The summed E-state index contributed by atoms with van der Waals surface area (Å²) in [4.78, 5) is 37.2. The Balaban J connectivity index is 0.00000320. The summed E-state index contributed by atoms with van der Waals surface area (Å²) in [5, 5.41) is 6.87. The van der Waals surface area contributed by atoms with Crippen LogP contribution in [0.2, 0.25) is 0 Å². The fraction of sp³-hybridized carbons (Fsp3) is 0.571. The molecular formula is C14H19N6NaO8S. The first kappa shape index (κ1) is 24.4. The third-order valence-electron chi connectivity index (χ3n) is 4.15. The van der Waals surface area contributed by atoms with E-state index in [2.05, 4.69) is 14.7 Å². The Bertz CT molecular complexity index is 974. The summed E-state index contributed by atoms with van der Waals surface area (Å²) < 4.78 is 43.3. The number of carbonyl (C=O) groups excluding carboxylic acids is 3. The third kappa shape index (κ3) is 5.04. The first-order valence-electron chi connectivity index (χ1n) is 8.38. The first-order valence-corrected chi connectivity index (χ1v) is 9.71. The van der Waals surface area contributed by atoms with Gasteiger partial charge in [0.25, 0.3) is 0 Å². The fourth-order valence-corrected chi connectivity index (χ4v) is 3.51. The van der Waals surface area contributed by atoms with Crippen molar-refractivity contribution in [2.45, 2.75) is 38.5 Å². The van der Waals surface area contributed by atoms with Crippen molar-refractivity contribution in [3.8, 4) is 0 Å². The van der Waals surface area contributed by atoms with Crippen LogP contribution >= 0.6 is 0 Å². The zero-order chi connectivity index (χ0) is 21.7. The summed E-state index contributed by atoms with van der Waals surface area (Å²) in [6.45, 7) is 4.81. The maximum Gasteiger partial charge on any atom is 1.00 e. The molecule has 2 atom stereocenters. The molecule has 0 spiro atoms. The van der Waals surface area contributed by atoms with Crippen LogP contribution in [0.3, 0.4) is 0 Å². The number of urea groups is 1. The Hall–Kier alpha value is -1.91. The van der Waals surface area contributed by atoms with Gasteiger partial charge in [0.1, 0.15) is 11.6 Å². The van der Waals surface area contributed by atoms with Crippen molar-refractivity contribution in [1.82, 2.24) is 25.1 Å². The van der Waals surface area contributed by atoms with Gasteiger partial charge in [-0.25, -0.2) is 22.8 Å². The molecule has 0 unspecified atom stereocenters. The Kier molecular flexibility index (Phi) is 6.75. The van der Waals surface area contributed by atoms with Crippen molar-refractivity contribution in [3.05, 3.63) is 17.5 Å². The van der Waals surface area contributed by atoms with Crippen LogP contribution in [0.1, 0.15) is 44.1 Å². The second-order valence-electron chi connectivity index (χ2n) is 7.41. The number of rotatable bonds is 4. The molecule has 1 saturated heterocycles. The molecule has 2 bridgehead atoms. The summed E-state index contributed by atoms with van der Waals surface area (Å²) in [5.74, 6) is 0. The molecule has 3 rings (SSSR count).